The van der Waals surface area contributed by atoms with E-state index in [1.165, 1.54) is 51.0 Å². The van der Waals surface area contributed by atoms with Crippen molar-refractivity contribution in [2.24, 2.45) is 7.05 Å². The molecular formula is C16H28N4. The Morgan fingerprint density at radius 1 is 1.35 bits per heavy atom. The predicted molar refractivity (Wildman–Crippen MR) is 81.8 cm³/mol. The van der Waals surface area contributed by atoms with Crippen LogP contribution in [-0.4, -0.2) is 45.7 Å². The molecule has 1 N–H and O–H groups in total. The minimum absolute atomic E-state index is 0.427. The van der Waals surface area contributed by atoms with Crippen molar-refractivity contribution in [1.29, 1.82) is 0 Å². The van der Waals surface area contributed by atoms with Crippen molar-refractivity contribution in [3.05, 3.63) is 18.2 Å². The van der Waals surface area contributed by atoms with Gasteiger partial charge < -0.3 is 9.88 Å². The van der Waals surface area contributed by atoms with Gasteiger partial charge in [0.25, 0.3) is 0 Å². The summed E-state index contributed by atoms with van der Waals surface area (Å²) < 4.78 is 2.15. The maximum atomic E-state index is 4.47. The first kappa shape index (κ1) is 14.1. The standard InChI is InChI=1S/C16H28N4/c1-14-12-20(10-6-15-17-9-11-19(15)2)16(13-18-14)7-4-3-5-8-16/h9,11,14,18H,3-8,10,12-13H2,1-2H3. The molecule has 4 nitrogen and oxygen atoms in total. The molecule has 0 bridgehead atoms. The van der Waals surface area contributed by atoms with Crippen LogP contribution in [-0.2, 0) is 13.5 Å². The van der Waals surface area contributed by atoms with E-state index >= 15 is 0 Å². The van der Waals surface area contributed by atoms with Crippen molar-refractivity contribution in [3.63, 3.8) is 0 Å². The zero-order valence-corrected chi connectivity index (χ0v) is 12.9. The van der Waals surface area contributed by atoms with Crippen molar-refractivity contribution < 1.29 is 0 Å². The van der Waals surface area contributed by atoms with Gasteiger partial charge in [-0.1, -0.05) is 19.3 Å². The van der Waals surface area contributed by atoms with Crippen LogP contribution in [0, 0.1) is 0 Å². The second-order valence-corrected chi connectivity index (χ2v) is 6.72. The van der Waals surface area contributed by atoms with E-state index in [-0.39, 0.29) is 0 Å². The second kappa shape index (κ2) is 5.86. The van der Waals surface area contributed by atoms with Crippen molar-refractivity contribution in [1.82, 2.24) is 19.8 Å². The molecule has 2 fully saturated rings. The van der Waals surface area contributed by atoms with Gasteiger partial charge in [-0.15, -0.1) is 0 Å². The molecule has 20 heavy (non-hydrogen) atoms. The van der Waals surface area contributed by atoms with Crippen LogP contribution in [0.2, 0.25) is 0 Å². The van der Waals surface area contributed by atoms with Gasteiger partial charge >= 0.3 is 0 Å². The first-order chi connectivity index (χ1) is 9.70. The highest BCUT2D eigenvalue weighted by atomic mass is 15.3. The van der Waals surface area contributed by atoms with Gasteiger partial charge in [0.2, 0.25) is 0 Å². The fourth-order valence-electron chi connectivity index (χ4n) is 3.97. The van der Waals surface area contributed by atoms with E-state index in [1.54, 1.807) is 0 Å². The third-order valence-corrected chi connectivity index (χ3v) is 5.26. The van der Waals surface area contributed by atoms with Crippen LogP contribution in [0.25, 0.3) is 0 Å². The molecule has 3 rings (SSSR count). The molecule has 1 spiro atoms. The Balaban J connectivity index is 1.68. The Labute approximate surface area is 122 Å². The van der Waals surface area contributed by atoms with Crippen LogP contribution in [0.5, 0.6) is 0 Å². The third kappa shape index (κ3) is 2.77. The smallest absolute Gasteiger partial charge is 0.109 e. The van der Waals surface area contributed by atoms with E-state index in [1.807, 2.05) is 12.4 Å². The molecular weight excluding hydrogens is 248 g/mol. The minimum Gasteiger partial charge on any atom is -0.338 e. The van der Waals surface area contributed by atoms with E-state index in [0.29, 0.717) is 11.6 Å². The average molecular weight is 276 g/mol. The fourth-order valence-corrected chi connectivity index (χ4v) is 3.97. The molecule has 1 atom stereocenters. The Kier molecular flexibility index (Phi) is 4.13. The van der Waals surface area contributed by atoms with Gasteiger partial charge in [0.05, 0.1) is 0 Å². The lowest BCUT2D eigenvalue weighted by atomic mass is 9.78. The van der Waals surface area contributed by atoms with Gasteiger partial charge in [-0.3, -0.25) is 4.90 Å². The molecule has 1 aliphatic carbocycles. The molecule has 1 aliphatic heterocycles. The lowest BCUT2D eigenvalue weighted by Gasteiger charge is -2.51. The molecule has 112 valence electrons. The van der Waals surface area contributed by atoms with Gasteiger partial charge in [-0.25, -0.2) is 4.98 Å². The molecule has 1 aromatic heterocycles. The monoisotopic (exact) mass is 276 g/mol. The van der Waals surface area contributed by atoms with Crippen LogP contribution in [0.15, 0.2) is 12.4 Å². The number of nitrogens with zero attached hydrogens (tertiary/aromatic N) is 3. The molecule has 0 aromatic carbocycles. The summed E-state index contributed by atoms with van der Waals surface area (Å²) in [5, 5.41) is 3.71. The van der Waals surface area contributed by atoms with Crippen LogP contribution < -0.4 is 5.32 Å². The van der Waals surface area contributed by atoms with Crippen molar-refractivity contribution in [2.75, 3.05) is 19.6 Å². The topological polar surface area (TPSA) is 33.1 Å². The highest BCUT2D eigenvalue weighted by molar-refractivity contribution is 5.01. The summed E-state index contributed by atoms with van der Waals surface area (Å²) in [5.74, 6) is 1.21. The number of rotatable bonds is 3. The van der Waals surface area contributed by atoms with Gasteiger partial charge in [-0.05, 0) is 19.8 Å². The van der Waals surface area contributed by atoms with E-state index in [0.717, 1.165) is 13.0 Å². The highest BCUT2D eigenvalue weighted by Crippen LogP contribution is 2.35. The number of imidazole rings is 1. The molecule has 0 radical (unpaired) electrons. The molecule has 4 heteroatoms. The molecule has 1 unspecified atom stereocenters. The Bertz CT molecular complexity index is 433. The highest BCUT2D eigenvalue weighted by Gasteiger charge is 2.40. The Morgan fingerprint density at radius 3 is 2.85 bits per heavy atom. The minimum atomic E-state index is 0.427. The number of nitrogens with one attached hydrogen (secondary N) is 1. The number of aromatic nitrogens is 2. The normalized spacial score (nSPS) is 27.0. The summed E-state index contributed by atoms with van der Waals surface area (Å²) in [6.07, 6.45) is 12.0. The van der Waals surface area contributed by atoms with Gasteiger partial charge in [0, 0.05) is 57.1 Å². The number of hydrogen-bond acceptors (Lipinski definition) is 3. The van der Waals surface area contributed by atoms with E-state index in [4.69, 9.17) is 0 Å². The van der Waals surface area contributed by atoms with Crippen LogP contribution in [0.3, 0.4) is 0 Å². The SMILES string of the molecule is CC1CN(CCc2nccn2C)C2(CCCCC2)CN1. The molecule has 2 heterocycles. The first-order valence-electron chi connectivity index (χ1n) is 8.14. The molecule has 1 saturated heterocycles. The van der Waals surface area contributed by atoms with Crippen LogP contribution in [0.4, 0.5) is 0 Å². The lowest BCUT2D eigenvalue weighted by molar-refractivity contribution is 0.0133. The summed E-state index contributed by atoms with van der Waals surface area (Å²) in [5.41, 5.74) is 0.427. The molecule has 0 amide bonds. The number of hydrogen-bond donors (Lipinski definition) is 1. The van der Waals surface area contributed by atoms with Crippen LogP contribution >= 0.6 is 0 Å². The summed E-state index contributed by atoms with van der Waals surface area (Å²) in [6.45, 7) is 5.82. The Morgan fingerprint density at radius 2 is 2.15 bits per heavy atom. The summed E-state index contributed by atoms with van der Waals surface area (Å²) >= 11 is 0. The zero-order chi connectivity index (χ0) is 14.0. The molecule has 2 aliphatic rings. The molecule has 1 aromatic rings. The number of piperazine rings is 1. The van der Waals surface area contributed by atoms with Gasteiger partial charge in [0.1, 0.15) is 5.82 Å². The quantitative estimate of drug-likeness (QED) is 0.916. The summed E-state index contributed by atoms with van der Waals surface area (Å²) in [7, 11) is 2.10. The van der Waals surface area contributed by atoms with Crippen molar-refractivity contribution >= 4 is 0 Å². The second-order valence-electron chi connectivity index (χ2n) is 6.72. The maximum absolute atomic E-state index is 4.47. The third-order valence-electron chi connectivity index (χ3n) is 5.26. The lowest BCUT2D eigenvalue weighted by Crippen LogP contribution is -2.64. The fraction of sp³-hybridized carbons (Fsp3) is 0.812. The van der Waals surface area contributed by atoms with Gasteiger partial charge in [-0.2, -0.15) is 0 Å². The average Bonchev–Trinajstić information content (AvgIpc) is 2.87. The summed E-state index contributed by atoms with van der Waals surface area (Å²) in [4.78, 5) is 7.24. The van der Waals surface area contributed by atoms with Crippen LogP contribution in [0.1, 0.15) is 44.9 Å². The zero-order valence-electron chi connectivity index (χ0n) is 12.9. The largest absolute Gasteiger partial charge is 0.338 e. The van der Waals surface area contributed by atoms with Crippen molar-refractivity contribution in [2.45, 2.75) is 57.0 Å². The number of aryl methyl sites for hydroxylation is 1. The van der Waals surface area contributed by atoms with Gasteiger partial charge in [0.15, 0.2) is 0 Å². The maximum Gasteiger partial charge on any atom is 0.109 e. The predicted octanol–water partition coefficient (Wildman–Crippen LogP) is 1.96. The van der Waals surface area contributed by atoms with E-state index in [9.17, 15) is 0 Å². The van der Waals surface area contributed by atoms with E-state index in [2.05, 4.69) is 33.7 Å². The van der Waals surface area contributed by atoms with Crippen molar-refractivity contribution in [3.8, 4) is 0 Å². The first-order valence-corrected chi connectivity index (χ1v) is 8.14. The Hall–Kier alpha value is -0.870. The summed E-state index contributed by atoms with van der Waals surface area (Å²) in [6, 6.07) is 0.615. The molecule has 1 saturated carbocycles. The van der Waals surface area contributed by atoms with E-state index < -0.39 is 0 Å².